The average molecular weight is 929 g/mol. The normalized spacial score (nSPS) is 14.6. The Morgan fingerprint density at radius 3 is 1.22 bits per heavy atom. The maximum Gasteiger partial charge on any atom is 0.212 e. The minimum Gasteiger partial charge on any atom is -0.201 e. The van der Waals surface area contributed by atoms with Crippen molar-refractivity contribution in [3.05, 3.63) is 215 Å². The van der Waals surface area contributed by atoms with Crippen LogP contribution in [0.1, 0.15) is 113 Å². The van der Waals surface area contributed by atoms with E-state index in [0.29, 0.717) is 11.1 Å². The topological polar surface area (TPSA) is 15.5 Å². The summed E-state index contributed by atoms with van der Waals surface area (Å²) in [7, 11) is 7.87. The predicted octanol–water partition coefficient (Wildman–Crippen LogP) is 14.0. The quantitative estimate of drug-likeness (QED) is 0.121. The number of hydrogen-bond donors (Lipinski definition) is 0. The first-order valence-corrected chi connectivity index (χ1v) is 24.0. The van der Waals surface area contributed by atoms with Crippen molar-refractivity contribution in [1.82, 2.24) is 0 Å². The van der Waals surface area contributed by atoms with E-state index in [2.05, 4.69) is 57.2 Å². The molecular weight excluding hydrogens is 837 g/mol. The second kappa shape index (κ2) is 25.7. The van der Waals surface area contributed by atoms with Crippen LogP contribution in [0, 0.1) is 39.5 Å². The molecule has 69 heavy (non-hydrogen) atoms. The lowest BCUT2D eigenvalue weighted by Gasteiger charge is -2.08. The van der Waals surface area contributed by atoms with Gasteiger partial charge < -0.3 is 0 Å². The highest BCUT2D eigenvalue weighted by Gasteiger charge is 2.17. The first-order valence-electron chi connectivity index (χ1n) is 29.0. The molecule has 4 aromatic carbocycles. The van der Waals surface area contributed by atoms with Crippen LogP contribution in [-0.4, -0.2) is 0 Å². The van der Waals surface area contributed by atoms with Crippen molar-refractivity contribution in [3.63, 3.8) is 0 Å². The number of benzene rings is 4. The van der Waals surface area contributed by atoms with Gasteiger partial charge in [-0.3, -0.25) is 0 Å². The molecule has 4 heteroatoms. The number of rotatable bonds is 10. The maximum atomic E-state index is 8.26. The molecule has 0 aliphatic heterocycles. The van der Waals surface area contributed by atoms with Crippen LogP contribution >= 0.6 is 0 Å². The minimum absolute atomic E-state index is 0.0492. The zero-order valence-electron chi connectivity index (χ0n) is 53.6. The third-order valence-electron chi connectivity index (χ3n) is 11.9. The molecule has 0 saturated heterocycles. The summed E-state index contributed by atoms with van der Waals surface area (Å²) < 4.78 is 87.5. The number of aromatic nitrogens is 4. The predicted molar refractivity (Wildman–Crippen MR) is 292 cm³/mol. The Kier molecular flexibility index (Phi) is 15.1. The molecule has 0 N–H and O–H groups in total. The molecule has 0 spiro atoms. The second-order valence-electron chi connectivity index (χ2n) is 18.4. The summed E-state index contributed by atoms with van der Waals surface area (Å²) in [6, 6.07) is 47.6. The summed E-state index contributed by atoms with van der Waals surface area (Å²) in [6.45, 7) is 16.6. The van der Waals surface area contributed by atoms with E-state index in [1.54, 1.807) is 13.0 Å². The van der Waals surface area contributed by atoms with Gasteiger partial charge in [0.15, 0.2) is 24.8 Å². The van der Waals surface area contributed by atoms with Crippen molar-refractivity contribution < 1.29 is 32.0 Å². The number of pyridine rings is 4. The molecular formula is C65H82N4+4. The number of hydrogen-bond acceptors (Lipinski definition) is 0. The van der Waals surface area contributed by atoms with E-state index in [9.17, 15) is 0 Å². The van der Waals surface area contributed by atoms with Crippen molar-refractivity contribution in [3.8, 4) is 45.0 Å². The molecule has 0 aliphatic carbocycles. The fraction of sp³-hybridized carbons (Fsp3) is 0.323. The van der Waals surface area contributed by atoms with Crippen LogP contribution in [0.4, 0.5) is 0 Å². The van der Waals surface area contributed by atoms with E-state index in [4.69, 9.17) is 13.7 Å². The third kappa shape index (κ3) is 15.2. The van der Waals surface area contributed by atoms with Gasteiger partial charge in [0.1, 0.15) is 28.2 Å². The largest absolute Gasteiger partial charge is 0.212 e. The van der Waals surface area contributed by atoms with E-state index < -0.39 is 31.9 Å². The molecule has 1 unspecified atom stereocenters. The highest BCUT2D eigenvalue weighted by atomic mass is 14.9. The first-order chi connectivity index (χ1) is 36.7. The summed E-state index contributed by atoms with van der Waals surface area (Å²) in [5, 5.41) is 0. The van der Waals surface area contributed by atoms with Crippen LogP contribution in [0.25, 0.3) is 45.0 Å². The lowest BCUT2D eigenvalue weighted by molar-refractivity contribution is -0.660. The van der Waals surface area contributed by atoms with E-state index in [0.717, 1.165) is 56.2 Å². The van der Waals surface area contributed by atoms with Crippen molar-refractivity contribution in [2.45, 2.75) is 101 Å². The smallest absolute Gasteiger partial charge is 0.201 e. The SMILES string of the molecule is [2H]C([2H])(C)c1cc[n+](C)c(-c2ccccc2C)c1.[2H]C([2H])([2H])C([2H])(C)c1cc[n+](C)c(-c2ccccc2C)c1.[2H]C([2H])(c1cc[n+](C)c(-c2ccccc2C)c1)C(C)C.[2H]C([2H])(c1ccc(-c2ccccc2C)[n+](C)c1)C(C)C. The molecule has 358 valence electrons. The van der Waals surface area contributed by atoms with Crippen molar-refractivity contribution >= 4 is 0 Å². The summed E-state index contributed by atoms with van der Waals surface area (Å²) in [5.74, 6) is -1.73. The van der Waals surface area contributed by atoms with Gasteiger partial charge in [0, 0.05) is 84.0 Å². The van der Waals surface area contributed by atoms with Gasteiger partial charge in [-0.2, -0.15) is 0 Å². The molecule has 4 aromatic heterocycles. The molecule has 0 radical (unpaired) electrons. The van der Waals surface area contributed by atoms with Gasteiger partial charge in [0.2, 0.25) is 22.8 Å². The molecule has 0 fully saturated rings. The Hall–Kier alpha value is -6.52. The van der Waals surface area contributed by atoms with Crippen molar-refractivity contribution in [2.75, 3.05) is 0 Å². The van der Waals surface area contributed by atoms with Crippen LogP contribution in [0.2, 0.25) is 0 Å². The van der Waals surface area contributed by atoms with Crippen LogP contribution in [0.15, 0.2) is 170 Å². The molecule has 0 amide bonds. The fourth-order valence-electron chi connectivity index (χ4n) is 8.07. The Morgan fingerprint density at radius 1 is 0.435 bits per heavy atom. The molecule has 0 bridgehead atoms. The van der Waals surface area contributed by atoms with Gasteiger partial charge in [-0.05, 0) is 134 Å². The average Bonchev–Trinajstić information content (AvgIpc) is 3.39. The monoisotopic (exact) mass is 929 g/mol. The summed E-state index contributed by atoms with van der Waals surface area (Å²) >= 11 is 0. The molecule has 4 heterocycles. The Morgan fingerprint density at radius 2 is 0.812 bits per heavy atom. The van der Waals surface area contributed by atoms with Crippen LogP contribution in [0.3, 0.4) is 0 Å². The first kappa shape index (κ1) is 40.4. The zero-order chi connectivity index (χ0) is 59.0. The van der Waals surface area contributed by atoms with Crippen molar-refractivity contribution in [1.29, 1.82) is 0 Å². The van der Waals surface area contributed by atoms with E-state index in [-0.39, 0.29) is 11.8 Å². The maximum absolute atomic E-state index is 8.26. The lowest BCUT2D eigenvalue weighted by Crippen LogP contribution is -2.31. The van der Waals surface area contributed by atoms with Crippen LogP contribution in [-0.2, 0) is 47.3 Å². The van der Waals surface area contributed by atoms with E-state index in [1.807, 2.05) is 209 Å². The highest BCUT2D eigenvalue weighted by Crippen LogP contribution is 2.25. The lowest BCUT2D eigenvalue weighted by atomic mass is 9.99. The number of nitrogens with zero attached hydrogens (tertiary/aromatic N) is 4. The molecule has 8 aromatic rings. The van der Waals surface area contributed by atoms with Gasteiger partial charge in [-0.25, -0.2) is 18.3 Å². The van der Waals surface area contributed by atoms with E-state index in [1.165, 1.54) is 29.2 Å². The number of aryl methyl sites for hydroxylation is 9. The Bertz CT molecular complexity index is 3360. The Balaban J connectivity index is 0.000000194. The summed E-state index contributed by atoms with van der Waals surface area (Å²) in [6.07, 6.45) is 3.65. The van der Waals surface area contributed by atoms with Crippen molar-refractivity contribution in [2.24, 2.45) is 40.0 Å². The van der Waals surface area contributed by atoms with Gasteiger partial charge in [-0.15, -0.1) is 0 Å². The molecule has 0 aliphatic rings. The van der Waals surface area contributed by atoms with Gasteiger partial charge in [0.05, 0.1) is 0 Å². The highest BCUT2D eigenvalue weighted by molar-refractivity contribution is 5.63. The second-order valence-corrected chi connectivity index (χ2v) is 18.4. The molecule has 0 saturated carbocycles. The van der Waals surface area contributed by atoms with Gasteiger partial charge in [0.25, 0.3) is 0 Å². The summed E-state index contributed by atoms with van der Waals surface area (Å²) in [4.78, 5) is 0. The molecule has 4 nitrogen and oxygen atoms in total. The van der Waals surface area contributed by atoms with Gasteiger partial charge in [-0.1, -0.05) is 121 Å². The van der Waals surface area contributed by atoms with E-state index >= 15 is 0 Å². The summed E-state index contributed by atoms with van der Waals surface area (Å²) in [5.41, 5.74) is 16.0. The standard InChI is InChI=1S/2C17H22N.C16H20N.C15H18N/c1-13(2)11-15-9-10-18(4)17(12-15)16-8-6-5-7-14(16)3;1-13(2)11-15-9-10-17(18(4)12-15)16-8-6-5-7-14(16)3;1-12(2)14-9-10-17(4)16(11-14)15-8-6-5-7-13(15)3;1-4-13-9-10-16(3)15(11-13)14-8-6-5-7-12(14)2/h2*5-10,12-13H,11H2,1-4H3;5-12H,1-4H3;5-11H,4H2,1-3H3/q4*+1/i2*11D2;1D3,12D;4D2. The molecule has 1 atom stereocenters. The van der Waals surface area contributed by atoms with Crippen LogP contribution < -0.4 is 18.3 Å². The zero-order valence-corrected chi connectivity index (χ0v) is 43.6. The fourth-order valence-corrected chi connectivity index (χ4v) is 8.07. The molecule has 8 rings (SSSR count). The Labute approximate surface area is 431 Å². The van der Waals surface area contributed by atoms with Gasteiger partial charge >= 0.3 is 0 Å². The minimum atomic E-state index is -2.37. The van der Waals surface area contributed by atoms with Crippen LogP contribution in [0.5, 0.6) is 0 Å². The third-order valence-corrected chi connectivity index (χ3v) is 11.9.